The van der Waals surface area contributed by atoms with Crippen molar-refractivity contribution in [3.05, 3.63) is 0 Å². The first-order valence-electron chi connectivity index (χ1n) is 7.09. The number of carbonyl (C=O) groups excluding carboxylic acids is 3. The SMILES string of the molecule is CCOC(=O)C1CCCN(CC(=O)N2CCNC2=O)C1. The van der Waals surface area contributed by atoms with Gasteiger partial charge in [-0.15, -0.1) is 0 Å². The predicted molar refractivity (Wildman–Crippen MR) is 70.9 cm³/mol. The first-order valence-corrected chi connectivity index (χ1v) is 7.09. The fourth-order valence-electron chi connectivity index (χ4n) is 2.64. The molecular formula is C13H21N3O4. The number of hydrogen-bond donors (Lipinski definition) is 1. The van der Waals surface area contributed by atoms with E-state index in [1.807, 2.05) is 4.90 Å². The highest BCUT2D eigenvalue weighted by Crippen LogP contribution is 2.18. The maximum atomic E-state index is 12.0. The lowest BCUT2D eigenvalue weighted by Gasteiger charge is -2.31. The summed E-state index contributed by atoms with van der Waals surface area (Å²) in [6.07, 6.45) is 1.66. The van der Waals surface area contributed by atoms with E-state index in [0.29, 0.717) is 26.2 Å². The smallest absolute Gasteiger partial charge is 0.324 e. The van der Waals surface area contributed by atoms with Crippen LogP contribution in [0.1, 0.15) is 19.8 Å². The van der Waals surface area contributed by atoms with Crippen LogP contribution >= 0.6 is 0 Å². The van der Waals surface area contributed by atoms with E-state index >= 15 is 0 Å². The first-order chi connectivity index (χ1) is 9.61. The van der Waals surface area contributed by atoms with Gasteiger partial charge in [0.15, 0.2) is 0 Å². The van der Waals surface area contributed by atoms with Gasteiger partial charge < -0.3 is 10.1 Å². The van der Waals surface area contributed by atoms with Gasteiger partial charge in [-0.25, -0.2) is 4.79 Å². The summed E-state index contributed by atoms with van der Waals surface area (Å²) in [5.74, 6) is -0.558. The molecule has 2 fully saturated rings. The molecule has 7 nitrogen and oxygen atoms in total. The maximum absolute atomic E-state index is 12.0. The average molecular weight is 283 g/mol. The number of urea groups is 1. The number of ether oxygens (including phenoxy) is 1. The Hall–Kier alpha value is -1.63. The van der Waals surface area contributed by atoms with Gasteiger partial charge in [-0.2, -0.15) is 0 Å². The minimum Gasteiger partial charge on any atom is -0.466 e. The van der Waals surface area contributed by atoms with E-state index < -0.39 is 0 Å². The largest absolute Gasteiger partial charge is 0.466 e. The highest BCUT2D eigenvalue weighted by molar-refractivity contribution is 5.96. The van der Waals surface area contributed by atoms with Crippen molar-refractivity contribution in [3.8, 4) is 0 Å². The normalized spacial score (nSPS) is 23.6. The van der Waals surface area contributed by atoms with E-state index in [0.717, 1.165) is 19.4 Å². The monoisotopic (exact) mass is 283 g/mol. The first kappa shape index (κ1) is 14.8. The zero-order chi connectivity index (χ0) is 14.5. The van der Waals surface area contributed by atoms with Crippen molar-refractivity contribution in [2.45, 2.75) is 19.8 Å². The molecule has 2 aliphatic rings. The summed E-state index contributed by atoms with van der Waals surface area (Å²) in [6, 6.07) is -0.325. The molecule has 0 aromatic heterocycles. The van der Waals surface area contributed by atoms with Gasteiger partial charge >= 0.3 is 12.0 Å². The standard InChI is InChI=1S/C13H21N3O4/c1-2-20-12(18)10-4-3-6-15(8-10)9-11(17)16-7-5-14-13(16)19/h10H,2-9H2,1H3,(H,14,19). The molecule has 1 N–H and O–H groups in total. The molecule has 2 aliphatic heterocycles. The number of imide groups is 1. The number of hydrogen-bond acceptors (Lipinski definition) is 5. The fourth-order valence-corrected chi connectivity index (χ4v) is 2.64. The Labute approximate surface area is 118 Å². The minimum absolute atomic E-state index is 0.163. The molecule has 0 saturated carbocycles. The lowest BCUT2D eigenvalue weighted by Crippen LogP contribution is -2.46. The van der Waals surface area contributed by atoms with Gasteiger partial charge in [0.05, 0.1) is 19.1 Å². The zero-order valence-electron chi connectivity index (χ0n) is 11.8. The van der Waals surface area contributed by atoms with Crippen molar-refractivity contribution in [2.24, 2.45) is 5.92 Å². The van der Waals surface area contributed by atoms with E-state index in [1.54, 1.807) is 6.92 Å². The predicted octanol–water partition coefficient (Wildman–Crippen LogP) is -0.187. The van der Waals surface area contributed by atoms with Crippen LogP contribution in [0.3, 0.4) is 0 Å². The van der Waals surface area contributed by atoms with Crippen LogP contribution in [0.4, 0.5) is 4.79 Å². The summed E-state index contributed by atoms with van der Waals surface area (Å²) in [5.41, 5.74) is 0. The molecule has 3 amide bonds. The quantitative estimate of drug-likeness (QED) is 0.724. The van der Waals surface area contributed by atoms with Crippen LogP contribution in [-0.4, -0.2) is 67.0 Å². The van der Waals surface area contributed by atoms with Crippen LogP contribution < -0.4 is 5.32 Å². The van der Waals surface area contributed by atoms with Gasteiger partial charge in [-0.05, 0) is 26.3 Å². The van der Waals surface area contributed by atoms with Crippen molar-refractivity contribution in [2.75, 3.05) is 39.3 Å². The van der Waals surface area contributed by atoms with Crippen LogP contribution in [0, 0.1) is 5.92 Å². The van der Waals surface area contributed by atoms with E-state index in [-0.39, 0.29) is 30.4 Å². The van der Waals surface area contributed by atoms with E-state index in [9.17, 15) is 14.4 Å². The summed E-state index contributed by atoms with van der Waals surface area (Å²) in [5, 5.41) is 2.61. The highest BCUT2D eigenvalue weighted by Gasteiger charge is 2.31. The van der Waals surface area contributed by atoms with Crippen LogP contribution in [-0.2, 0) is 14.3 Å². The van der Waals surface area contributed by atoms with Gasteiger partial charge in [-0.3, -0.25) is 19.4 Å². The Bertz CT molecular complexity index is 399. The second kappa shape index (κ2) is 6.69. The van der Waals surface area contributed by atoms with Crippen LogP contribution in [0.25, 0.3) is 0 Å². The number of rotatable bonds is 4. The molecule has 20 heavy (non-hydrogen) atoms. The summed E-state index contributed by atoms with van der Waals surface area (Å²) in [4.78, 5) is 38.3. The molecule has 1 unspecified atom stereocenters. The molecule has 0 aromatic carbocycles. The van der Waals surface area contributed by atoms with Gasteiger partial charge in [0.2, 0.25) is 5.91 Å². The Morgan fingerprint density at radius 1 is 1.40 bits per heavy atom. The molecule has 0 aliphatic carbocycles. The zero-order valence-corrected chi connectivity index (χ0v) is 11.8. The van der Waals surface area contributed by atoms with Crippen LogP contribution in [0.2, 0.25) is 0 Å². The second-order valence-electron chi connectivity index (χ2n) is 5.10. The number of piperidine rings is 1. The number of carbonyl (C=O) groups is 3. The fraction of sp³-hybridized carbons (Fsp3) is 0.769. The van der Waals surface area contributed by atoms with Crippen molar-refractivity contribution >= 4 is 17.9 Å². The number of likely N-dealkylation sites (tertiary alicyclic amines) is 1. The molecule has 0 spiro atoms. The Balaban J connectivity index is 1.84. The lowest BCUT2D eigenvalue weighted by atomic mass is 9.98. The molecule has 7 heteroatoms. The molecular weight excluding hydrogens is 262 g/mol. The van der Waals surface area contributed by atoms with Crippen molar-refractivity contribution in [1.82, 2.24) is 15.1 Å². The van der Waals surface area contributed by atoms with Crippen LogP contribution in [0.15, 0.2) is 0 Å². The molecule has 0 bridgehead atoms. The van der Waals surface area contributed by atoms with Crippen molar-refractivity contribution in [3.63, 3.8) is 0 Å². The summed E-state index contributed by atoms with van der Waals surface area (Å²) < 4.78 is 5.03. The van der Waals surface area contributed by atoms with Gasteiger partial charge in [0, 0.05) is 19.6 Å². The topological polar surface area (TPSA) is 79.0 Å². The van der Waals surface area contributed by atoms with E-state index in [4.69, 9.17) is 4.74 Å². The van der Waals surface area contributed by atoms with Crippen LogP contribution in [0.5, 0.6) is 0 Å². The average Bonchev–Trinajstić information content (AvgIpc) is 2.85. The Kier molecular flexibility index (Phi) is 4.94. The molecule has 0 aromatic rings. The van der Waals surface area contributed by atoms with Crippen molar-refractivity contribution in [1.29, 1.82) is 0 Å². The third kappa shape index (κ3) is 3.47. The molecule has 2 heterocycles. The Morgan fingerprint density at radius 3 is 2.85 bits per heavy atom. The van der Waals surface area contributed by atoms with Gasteiger partial charge in [-0.1, -0.05) is 0 Å². The summed E-state index contributed by atoms with van der Waals surface area (Å²) in [7, 11) is 0. The molecule has 2 saturated heterocycles. The number of esters is 1. The second-order valence-corrected chi connectivity index (χ2v) is 5.10. The summed E-state index contributed by atoms with van der Waals surface area (Å²) in [6.45, 7) is 4.58. The number of nitrogens with one attached hydrogen (secondary N) is 1. The third-order valence-electron chi connectivity index (χ3n) is 3.64. The molecule has 112 valence electrons. The molecule has 0 radical (unpaired) electrons. The Morgan fingerprint density at radius 2 is 2.20 bits per heavy atom. The van der Waals surface area contributed by atoms with E-state index in [1.165, 1.54) is 4.90 Å². The van der Waals surface area contributed by atoms with E-state index in [2.05, 4.69) is 5.32 Å². The van der Waals surface area contributed by atoms with Gasteiger partial charge in [0.1, 0.15) is 0 Å². The lowest BCUT2D eigenvalue weighted by molar-refractivity contribution is -0.150. The number of nitrogens with zero attached hydrogens (tertiary/aromatic N) is 2. The molecule has 2 rings (SSSR count). The highest BCUT2D eigenvalue weighted by atomic mass is 16.5. The maximum Gasteiger partial charge on any atom is 0.324 e. The molecule has 1 atom stereocenters. The van der Waals surface area contributed by atoms with Gasteiger partial charge in [0.25, 0.3) is 0 Å². The summed E-state index contributed by atoms with van der Waals surface area (Å²) >= 11 is 0. The minimum atomic E-state index is -0.325. The van der Waals surface area contributed by atoms with Crippen molar-refractivity contribution < 1.29 is 19.1 Å². The third-order valence-corrected chi connectivity index (χ3v) is 3.64. The number of amides is 3.